The normalized spacial score (nSPS) is 11.4. The molecule has 0 N–H and O–H groups in total. The lowest BCUT2D eigenvalue weighted by molar-refractivity contribution is 0.633. The minimum absolute atomic E-state index is 1.03. The first-order chi connectivity index (χ1) is 17.1. The van der Waals surface area contributed by atoms with E-state index in [-0.39, 0.29) is 0 Å². The standard InChI is InChI=1S/C32H36OSi2/c1-5-25-13-9-17-29(21-25)34(30-18-10-14-26(6-2)22-30)33-35(31-19-11-15-27(7-3)23-31)32-20-12-16-28(8-4)24-32/h9-24H,5-8H2,1-4H3. The van der Waals surface area contributed by atoms with E-state index >= 15 is 0 Å². The highest BCUT2D eigenvalue weighted by atomic mass is 28.4. The molecule has 0 aliphatic heterocycles. The second-order valence-corrected chi connectivity index (χ2v) is 13.4. The van der Waals surface area contributed by atoms with Gasteiger partial charge in [-0.05, 0) is 68.7 Å². The molecule has 35 heavy (non-hydrogen) atoms. The molecule has 4 rings (SSSR count). The van der Waals surface area contributed by atoms with E-state index in [0.717, 1.165) is 25.7 Å². The Morgan fingerprint density at radius 3 is 0.914 bits per heavy atom. The minimum atomic E-state index is -1.45. The summed E-state index contributed by atoms with van der Waals surface area (Å²) < 4.78 is 7.40. The summed E-state index contributed by atoms with van der Waals surface area (Å²) in [5.74, 6) is 0. The lowest BCUT2D eigenvalue weighted by Gasteiger charge is -2.25. The van der Waals surface area contributed by atoms with Crippen LogP contribution in [0.5, 0.6) is 0 Å². The van der Waals surface area contributed by atoms with Gasteiger partial charge in [-0.25, -0.2) is 0 Å². The van der Waals surface area contributed by atoms with Crippen LogP contribution in [-0.2, 0) is 29.8 Å². The van der Waals surface area contributed by atoms with Gasteiger partial charge in [-0.15, -0.1) is 0 Å². The minimum Gasteiger partial charge on any atom is -0.442 e. The fourth-order valence-electron chi connectivity index (χ4n) is 4.40. The second kappa shape index (κ2) is 12.3. The summed E-state index contributed by atoms with van der Waals surface area (Å²) in [6.07, 6.45) is 4.14. The number of hydrogen-bond donors (Lipinski definition) is 0. The molecular weight excluding hydrogens is 457 g/mol. The fraction of sp³-hybridized carbons (Fsp3) is 0.250. The van der Waals surface area contributed by atoms with Gasteiger partial charge in [-0.2, -0.15) is 0 Å². The average molecular weight is 493 g/mol. The van der Waals surface area contributed by atoms with Gasteiger partial charge >= 0.3 is 0 Å². The number of benzene rings is 4. The van der Waals surface area contributed by atoms with E-state index in [1.807, 2.05) is 0 Å². The van der Waals surface area contributed by atoms with Crippen molar-refractivity contribution in [2.24, 2.45) is 0 Å². The van der Waals surface area contributed by atoms with Crippen molar-refractivity contribution in [1.82, 2.24) is 0 Å². The third-order valence-corrected chi connectivity index (χ3v) is 11.6. The Labute approximate surface area is 215 Å². The molecule has 4 aromatic carbocycles. The topological polar surface area (TPSA) is 9.23 Å². The van der Waals surface area contributed by atoms with E-state index in [1.165, 1.54) is 43.0 Å². The summed E-state index contributed by atoms with van der Waals surface area (Å²) in [5.41, 5.74) is 5.48. The van der Waals surface area contributed by atoms with E-state index in [0.29, 0.717) is 0 Å². The van der Waals surface area contributed by atoms with Crippen LogP contribution in [0.1, 0.15) is 49.9 Å². The van der Waals surface area contributed by atoms with Gasteiger partial charge < -0.3 is 4.12 Å². The number of rotatable bonds is 10. The molecule has 2 radical (unpaired) electrons. The molecule has 0 bridgehead atoms. The summed E-state index contributed by atoms with van der Waals surface area (Å²) >= 11 is 0. The lowest BCUT2D eigenvalue weighted by atomic mass is 10.2. The van der Waals surface area contributed by atoms with Crippen molar-refractivity contribution < 1.29 is 4.12 Å². The predicted octanol–water partition coefficient (Wildman–Crippen LogP) is 4.86. The molecule has 178 valence electrons. The molecule has 0 heterocycles. The SMILES string of the molecule is CCc1cccc([Si](O[Si](c2cccc(CC)c2)c2cccc(CC)c2)c2cccc(CC)c2)c1. The van der Waals surface area contributed by atoms with Gasteiger partial charge in [0.15, 0.2) is 0 Å². The van der Waals surface area contributed by atoms with Gasteiger partial charge in [0.1, 0.15) is 0 Å². The monoisotopic (exact) mass is 492 g/mol. The summed E-state index contributed by atoms with van der Waals surface area (Å²) in [7, 11) is -2.90. The third-order valence-electron chi connectivity index (χ3n) is 6.59. The highest BCUT2D eigenvalue weighted by Gasteiger charge is 2.29. The van der Waals surface area contributed by atoms with Crippen LogP contribution >= 0.6 is 0 Å². The van der Waals surface area contributed by atoms with Crippen molar-refractivity contribution in [2.45, 2.75) is 53.4 Å². The quantitative estimate of drug-likeness (QED) is 0.287. The van der Waals surface area contributed by atoms with Crippen molar-refractivity contribution >= 4 is 38.8 Å². The summed E-state index contributed by atoms with van der Waals surface area (Å²) in [6.45, 7) is 8.91. The maximum absolute atomic E-state index is 7.40. The maximum Gasteiger partial charge on any atom is 0.272 e. The molecule has 0 aromatic heterocycles. The van der Waals surface area contributed by atoms with Gasteiger partial charge in [0.25, 0.3) is 18.1 Å². The number of hydrogen-bond acceptors (Lipinski definition) is 1. The first-order valence-electron chi connectivity index (χ1n) is 12.9. The van der Waals surface area contributed by atoms with E-state index in [1.54, 1.807) is 0 Å². The van der Waals surface area contributed by atoms with Crippen LogP contribution in [0, 0.1) is 0 Å². The lowest BCUT2D eigenvalue weighted by Crippen LogP contribution is -2.56. The summed E-state index contributed by atoms with van der Waals surface area (Å²) in [4.78, 5) is 0. The van der Waals surface area contributed by atoms with Crippen molar-refractivity contribution in [2.75, 3.05) is 0 Å². The summed E-state index contributed by atoms with van der Waals surface area (Å²) in [6, 6.07) is 36.3. The number of aryl methyl sites for hydroxylation is 4. The van der Waals surface area contributed by atoms with E-state index in [4.69, 9.17) is 4.12 Å². The Hall–Kier alpha value is -2.73. The first-order valence-corrected chi connectivity index (χ1v) is 15.8. The van der Waals surface area contributed by atoms with Crippen LogP contribution in [0.25, 0.3) is 0 Å². The largest absolute Gasteiger partial charge is 0.442 e. The molecule has 0 spiro atoms. The Kier molecular flexibility index (Phi) is 8.92. The smallest absolute Gasteiger partial charge is 0.272 e. The first kappa shape index (κ1) is 25.4. The molecule has 0 saturated carbocycles. The zero-order chi connectivity index (χ0) is 24.6. The molecule has 0 fully saturated rings. The highest BCUT2D eigenvalue weighted by molar-refractivity contribution is 6.91. The second-order valence-electron chi connectivity index (χ2n) is 8.98. The van der Waals surface area contributed by atoms with Gasteiger partial charge in [0.05, 0.1) is 0 Å². The molecule has 0 saturated heterocycles. The Bertz CT molecular complexity index is 1060. The third kappa shape index (κ3) is 6.29. The maximum atomic E-state index is 7.40. The van der Waals surface area contributed by atoms with Gasteiger partial charge in [-0.3, -0.25) is 0 Å². The fourth-order valence-corrected chi connectivity index (χ4v) is 10.0. The molecule has 0 unspecified atom stereocenters. The predicted molar refractivity (Wildman–Crippen MR) is 154 cm³/mol. The van der Waals surface area contributed by atoms with Crippen LogP contribution in [-0.4, -0.2) is 18.1 Å². The molecule has 0 aliphatic rings. The molecule has 0 atom stereocenters. The van der Waals surface area contributed by atoms with Crippen LogP contribution in [0.2, 0.25) is 0 Å². The van der Waals surface area contributed by atoms with Crippen LogP contribution in [0.3, 0.4) is 0 Å². The average Bonchev–Trinajstić information content (AvgIpc) is 2.93. The molecule has 3 heteroatoms. The Balaban J connectivity index is 1.85. The van der Waals surface area contributed by atoms with Gasteiger partial charge in [0.2, 0.25) is 0 Å². The zero-order valence-electron chi connectivity index (χ0n) is 21.5. The molecule has 0 amide bonds. The zero-order valence-corrected chi connectivity index (χ0v) is 23.5. The Morgan fingerprint density at radius 2 is 0.686 bits per heavy atom. The van der Waals surface area contributed by atoms with E-state index < -0.39 is 18.1 Å². The highest BCUT2D eigenvalue weighted by Crippen LogP contribution is 2.08. The van der Waals surface area contributed by atoms with Crippen LogP contribution in [0.15, 0.2) is 97.1 Å². The van der Waals surface area contributed by atoms with Crippen molar-refractivity contribution in [3.8, 4) is 0 Å². The van der Waals surface area contributed by atoms with Crippen molar-refractivity contribution in [3.63, 3.8) is 0 Å². The van der Waals surface area contributed by atoms with Crippen LogP contribution < -0.4 is 20.7 Å². The molecule has 0 aliphatic carbocycles. The van der Waals surface area contributed by atoms with E-state index in [9.17, 15) is 0 Å². The van der Waals surface area contributed by atoms with Crippen molar-refractivity contribution in [3.05, 3.63) is 119 Å². The van der Waals surface area contributed by atoms with Crippen LogP contribution in [0.4, 0.5) is 0 Å². The van der Waals surface area contributed by atoms with E-state index in [2.05, 4.69) is 125 Å². The van der Waals surface area contributed by atoms with Gasteiger partial charge in [0, 0.05) is 0 Å². The molecular formula is C32H36OSi2. The molecule has 4 aromatic rings. The molecule has 1 nitrogen and oxygen atoms in total. The van der Waals surface area contributed by atoms with Gasteiger partial charge in [-0.1, -0.05) is 125 Å². The summed E-state index contributed by atoms with van der Waals surface area (Å²) in [5, 5.41) is 5.35. The van der Waals surface area contributed by atoms with Crippen molar-refractivity contribution in [1.29, 1.82) is 0 Å². The Morgan fingerprint density at radius 1 is 0.429 bits per heavy atom.